The molecule has 1 aromatic rings. The lowest BCUT2D eigenvalue weighted by Gasteiger charge is -2.04. The van der Waals surface area contributed by atoms with Crippen molar-refractivity contribution in [3.8, 4) is 0 Å². The highest BCUT2D eigenvalue weighted by molar-refractivity contribution is 5.48. The topological polar surface area (TPSA) is 0 Å². The SMILES string of the molecule is C.C=Cc1cccc(C(C)C)c1.CC. The Balaban J connectivity index is 0. The molecule has 0 saturated carbocycles. The fourth-order valence-electron chi connectivity index (χ4n) is 1.05. The van der Waals surface area contributed by atoms with E-state index < -0.39 is 0 Å². The number of hydrogen-bond donors (Lipinski definition) is 0. The first kappa shape index (κ1) is 15.4. The summed E-state index contributed by atoms with van der Waals surface area (Å²) in [4.78, 5) is 0. The molecule has 0 heteroatoms. The number of benzene rings is 1. The molecule has 80 valence electrons. The van der Waals surface area contributed by atoms with Crippen LogP contribution in [-0.2, 0) is 0 Å². The Morgan fingerprint density at radius 1 is 1.21 bits per heavy atom. The van der Waals surface area contributed by atoms with Crippen molar-refractivity contribution in [3.63, 3.8) is 0 Å². The summed E-state index contributed by atoms with van der Waals surface area (Å²) in [5.41, 5.74) is 2.58. The Morgan fingerprint density at radius 3 is 2.21 bits per heavy atom. The second-order valence-corrected chi connectivity index (χ2v) is 3.03. The van der Waals surface area contributed by atoms with E-state index in [1.54, 1.807) is 0 Å². The maximum atomic E-state index is 3.73. The molecule has 1 rings (SSSR count). The summed E-state index contributed by atoms with van der Waals surface area (Å²) in [6.07, 6.45) is 1.88. The molecule has 1 aromatic carbocycles. The summed E-state index contributed by atoms with van der Waals surface area (Å²) >= 11 is 0. The van der Waals surface area contributed by atoms with Crippen LogP contribution < -0.4 is 0 Å². The molecule has 0 aliphatic carbocycles. The van der Waals surface area contributed by atoms with E-state index >= 15 is 0 Å². The van der Waals surface area contributed by atoms with Crippen molar-refractivity contribution >= 4 is 6.08 Å². The third-order valence-corrected chi connectivity index (χ3v) is 1.81. The first-order valence-corrected chi connectivity index (χ1v) is 4.96. The van der Waals surface area contributed by atoms with Gasteiger partial charge < -0.3 is 0 Å². The Labute approximate surface area is 89.7 Å². The van der Waals surface area contributed by atoms with Crippen molar-refractivity contribution in [2.45, 2.75) is 41.0 Å². The van der Waals surface area contributed by atoms with Gasteiger partial charge in [0.15, 0.2) is 0 Å². The second kappa shape index (κ2) is 8.55. The lowest BCUT2D eigenvalue weighted by molar-refractivity contribution is 0.866. The highest BCUT2D eigenvalue weighted by Gasteiger charge is 1.96. The highest BCUT2D eigenvalue weighted by atomic mass is 14.0. The van der Waals surface area contributed by atoms with Gasteiger partial charge in [-0.05, 0) is 17.0 Å². The predicted octanol–water partition coefficient (Wildman–Crippen LogP) is 5.12. The average Bonchev–Trinajstić information content (AvgIpc) is 2.21. The molecule has 0 radical (unpaired) electrons. The van der Waals surface area contributed by atoms with Crippen LogP contribution in [0.1, 0.15) is 52.2 Å². The molecule has 0 spiro atoms. The van der Waals surface area contributed by atoms with Crippen LogP contribution in [0.2, 0.25) is 0 Å². The van der Waals surface area contributed by atoms with Gasteiger partial charge in [-0.3, -0.25) is 0 Å². The molecule has 0 N–H and O–H groups in total. The van der Waals surface area contributed by atoms with Crippen molar-refractivity contribution in [3.05, 3.63) is 42.0 Å². The minimum Gasteiger partial charge on any atom is -0.0985 e. The van der Waals surface area contributed by atoms with Crippen LogP contribution in [0.4, 0.5) is 0 Å². The predicted molar refractivity (Wildman–Crippen MR) is 68.7 cm³/mol. The maximum absolute atomic E-state index is 3.73. The molecule has 0 aliphatic rings. The van der Waals surface area contributed by atoms with E-state index in [0.29, 0.717) is 5.92 Å². The zero-order valence-corrected chi connectivity index (χ0v) is 9.17. The Kier molecular flexibility index (Phi) is 9.43. The van der Waals surface area contributed by atoms with Gasteiger partial charge in [-0.2, -0.15) is 0 Å². The molecule has 0 nitrogen and oxygen atoms in total. The van der Waals surface area contributed by atoms with E-state index in [-0.39, 0.29) is 7.43 Å². The first-order valence-electron chi connectivity index (χ1n) is 4.96. The molecule has 14 heavy (non-hydrogen) atoms. The van der Waals surface area contributed by atoms with Crippen molar-refractivity contribution in [2.75, 3.05) is 0 Å². The summed E-state index contributed by atoms with van der Waals surface area (Å²) in [5, 5.41) is 0. The normalized spacial score (nSPS) is 8.36. The van der Waals surface area contributed by atoms with E-state index in [1.165, 1.54) is 11.1 Å². The second-order valence-electron chi connectivity index (χ2n) is 3.03. The van der Waals surface area contributed by atoms with Gasteiger partial charge in [0, 0.05) is 0 Å². The van der Waals surface area contributed by atoms with Gasteiger partial charge >= 0.3 is 0 Å². The highest BCUT2D eigenvalue weighted by Crippen LogP contribution is 2.15. The third-order valence-electron chi connectivity index (χ3n) is 1.81. The van der Waals surface area contributed by atoms with Crippen LogP contribution in [0.3, 0.4) is 0 Å². The molecule has 0 heterocycles. The Hall–Kier alpha value is -1.04. The van der Waals surface area contributed by atoms with Crippen molar-refractivity contribution in [1.29, 1.82) is 0 Å². The van der Waals surface area contributed by atoms with Crippen molar-refractivity contribution in [1.82, 2.24) is 0 Å². The van der Waals surface area contributed by atoms with E-state index in [1.807, 2.05) is 19.9 Å². The zero-order valence-electron chi connectivity index (χ0n) is 9.17. The molecular weight excluding hydrogens is 168 g/mol. The van der Waals surface area contributed by atoms with E-state index in [4.69, 9.17) is 0 Å². The van der Waals surface area contributed by atoms with E-state index in [0.717, 1.165) is 0 Å². The smallest absolute Gasteiger partial charge is 0.0219 e. The lowest BCUT2D eigenvalue weighted by Crippen LogP contribution is -1.86. The fraction of sp³-hybridized carbons (Fsp3) is 0.429. The molecule has 0 unspecified atom stereocenters. The molecule has 0 amide bonds. The van der Waals surface area contributed by atoms with Gasteiger partial charge in [0.05, 0.1) is 0 Å². The summed E-state index contributed by atoms with van der Waals surface area (Å²) in [7, 11) is 0. The number of hydrogen-bond acceptors (Lipinski definition) is 0. The van der Waals surface area contributed by atoms with Gasteiger partial charge in [-0.25, -0.2) is 0 Å². The molecule has 0 saturated heterocycles. The van der Waals surface area contributed by atoms with Crippen LogP contribution in [0.15, 0.2) is 30.8 Å². The maximum Gasteiger partial charge on any atom is -0.0219 e. The molecule has 0 fully saturated rings. The molecule has 0 aromatic heterocycles. The quantitative estimate of drug-likeness (QED) is 0.610. The summed E-state index contributed by atoms with van der Waals surface area (Å²) in [6, 6.07) is 8.47. The van der Waals surface area contributed by atoms with E-state index in [9.17, 15) is 0 Å². The third kappa shape index (κ3) is 4.86. The Bertz CT molecular complexity index is 246. The lowest BCUT2D eigenvalue weighted by atomic mass is 10.0. The van der Waals surface area contributed by atoms with Crippen LogP contribution in [0, 0.1) is 0 Å². The largest absolute Gasteiger partial charge is 0.0985 e. The summed E-state index contributed by atoms with van der Waals surface area (Å²) in [6.45, 7) is 12.1. The van der Waals surface area contributed by atoms with Crippen LogP contribution in [0.5, 0.6) is 0 Å². The zero-order chi connectivity index (χ0) is 10.3. The monoisotopic (exact) mass is 192 g/mol. The van der Waals surface area contributed by atoms with Crippen LogP contribution in [0.25, 0.3) is 6.08 Å². The minimum atomic E-state index is 0. The van der Waals surface area contributed by atoms with Crippen molar-refractivity contribution < 1.29 is 0 Å². The molecule has 0 bridgehead atoms. The molecule has 0 atom stereocenters. The van der Waals surface area contributed by atoms with Crippen LogP contribution in [-0.4, -0.2) is 0 Å². The van der Waals surface area contributed by atoms with Gasteiger partial charge in [0.1, 0.15) is 0 Å². The first-order chi connectivity index (χ1) is 6.24. The van der Waals surface area contributed by atoms with Crippen LogP contribution >= 0.6 is 0 Å². The molecule has 0 aliphatic heterocycles. The van der Waals surface area contributed by atoms with Gasteiger partial charge in [-0.15, -0.1) is 0 Å². The van der Waals surface area contributed by atoms with Gasteiger partial charge in [0.2, 0.25) is 0 Å². The minimum absolute atomic E-state index is 0. The standard InChI is InChI=1S/C11H14.C2H6.CH4/c1-4-10-6-5-7-11(8-10)9(2)3;1-2;/h4-9H,1H2,2-3H3;1-2H3;1H4. The Morgan fingerprint density at radius 2 is 1.79 bits per heavy atom. The van der Waals surface area contributed by atoms with Crippen molar-refractivity contribution in [2.24, 2.45) is 0 Å². The molecular formula is C14H24. The fourth-order valence-corrected chi connectivity index (χ4v) is 1.05. The number of rotatable bonds is 2. The average molecular weight is 192 g/mol. The van der Waals surface area contributed by atoms with Gasteiger partial charge in [-0.1, -0.05) is 72.0 Å². The summed E-state index contributed by atoms with van der Waals surface area (Å²) < 4.78 is 0. The summed E-state index contributed by atoms with van der Waals surface area (Å²) in [5.74, 6) is 0.606. The van der Waals surface area contributed by atoms with Gasteiger partial charge in [0.25, 0.3) is 0 Å². The van der Waals surface area contributed by atoms with E-state index in [2.05, 4.69) is 44.7 Å².